The third-order valence-corrected chi connectivity index (χ3v) is 2.93. The molecule has 0 radical (unpaired) electrons. The molecule has 0 aromatic heterocycles. The predicted molar refractivity (Wildman–Crippen MR) is 72.9 cm³/mol. The SMILES string of the molecule is COC(=O)c1ccc2ccccc2c(=O)c1C(=O)OC. The molecule has 0 aliphatic heterocycles. The highest BCUT2D eigenvalue weighted by atomic mass is 16.5. The molecule has 20 heavy (non-hydrogen) atoms. The van der Waals surface area contributed by atoms with Crippen LogP contribution in [-0.4, -0.2) is 26.2 Å². The minimum Gasteiger partial charge on any atom is -0.465 e. The third-order valence-electron chi connectivity index (χ3n) is 2.93. The van der Waals surface area contributed by atoms with Crippen molar-refractivity contribution in [2.45, 2.75) is 0 Å². The molecule has 102 valence electrons. The maximum absolute atomic E-state index is 12.5. The summed E-state index contributed by atoms with van der Waals surface area (Å²) in [5.41, 5.74) is -0.987. The smallest absolute Gasteiger partial charge is 0.342 e. The number of esters is 2. The fraction of sp³-hybridized carbons (Fsp3) is 0.133. The van der Waals surface area contributed by atoms with Gasteiger partial charge in [0.2, 0.25) is 5.43 Å². The van der Waals surface area contributed by atoms with Gasteiger partial charge in [0.15, 0.2) is 0 Å². The van der Waals surface area contributed by atoms with Crippen LogP contribution in [0.1, 0.15) is 20.7 Å². The molecule has 0 saturated carbocycles. The second-order valence-electron chi connectivity index (χ2n) is 4.02. The summed E-state index contributed by atoms with van der Waals surface area (Å²) in [6.45, 7) is 0. The lowest BCUT2D eigenvalue weighted by Gasteiger charge is -2.02. The quantitative estimate of drug-likeness (QED) is 0.779. The molecule has 0 N–H and O–H groups in total. The Morgan fingerprint density at radius 3 is 2.20 bits per heavy atom. The number of methoxy groups -OCH3 is 2. The third kappa shape index (κ3) is 2.25. The van der Waals surface area contributed by atoms with Crippen LogP contribution in [0.2, 0.25) is 0 Å². The van der Waals surface area contributed by atoms with E-state index < -0.39 is 17.4 Å². The monoisotopic (exact) mass is 272 g/mol. The van der Waals surface area contributed by atoms with E-state index in [1.54, 1.807) is 30.3 Å². The fourth-order valence-electron chi connectivity index (χ4n) is 1.95. The van der Waals surface area contributed by atoms with Gasteiger partial charge in [0.25, 0.3) is 0 Å². The maximum Gasteiger partial charge on any atom is 0.342 e. The number of hydrogen-bond donors (Lipinski definition) is 0. The average molecular weight is 272 g/mol. The van der Waals surface area contributed by atoms with Crippen molar-refractivity contribution in [3.05, 3.63) is 57.7 Å². The van der Waals surface area contributed by atoms with Crippen LogP contribution in [0, 0.1) is 0 Å². The van der Waals surface area contributed by atoms with E-state index in [1.807, 2.05) is 0 Å². The van der Waals surface area contributed by atoms with E-state index in [0.717, 1.165) is 7.11 Å². The van der Waals surface area contributed by atoms with Gasteiger partial charge in [0.05, 0.1) is 19.8 Å². The number of ether oxygens (including phenoxy) is 2. The second-order valence-corrected chi connectivity index (χ2v) is 4.02. The van der Waals surface area contributed by atoms with Gasteiger partial charge in [-0.25, -0.2) is 9.59 Å². The fourth-order valence-corrected chi connectivity index (χ4v) is 1.95. The summed E-state index contributed by atoms with van der Waals surface area (Å²) in [4.78, 5) is 36.0. The van der Waals surface area contributed by atoms with Crippen LogP contribution < -0.4 is 5.43 Å². The van der Waals surface area contributed by atoms with Crippen LogP contribution in [0.5, 0.6) is 0 Å². The highest BCUT2D eigenvalue weighted by molar-refractivity contribution is 6.05. The van der Waals surface area contributed by atoms with Gasteiger partial charge in [-0.3, -0.25) is 4.79 Å². The van der Waals surface area contributed by atoms with E-state index in [-0.39, 0.29) is 11.1 Å². The number of rotatable bonds is 2. The number of fused-ring (bicyclic) bond motifs is 1. The van der Waals surface area contributed by atoms with E-state index in [0.29, 0.717) is 10.8 Å². The first kappa shape index (κ1) is 13.7. The van der Waals surface area contributed by atoms with Crippen LogP contribution in [0.25, 0.3) is 10.8 Å². The number of benzene rings is 1. The van der Waals surface area contributed by atoms with Crippen molar-refractivity contribution in [2.24, 2.45) is 0 Å². The van der Waals surface area contributed by atoms with Gasteiger partial charge >= 0.3 is 11.9 Å². The summed E-state index contributed by atoms with van der Waals surface area (Å²) < 4.78 is 9.21. The zero-order chi connectivity index (χ0) is 14.7. The first-order valence-electron chi connectivity index (χ1n) is 5.83. The van der Waals surface area contributed by atoms with Gasteiger partial charge in [-0.15, -0.1) is 0 Å². The Morgan fingerprint density at radius 1 is 0.900 bits per heavy atom. The lowest BCUT2D eigenvalue weighted by Crippen LogP contribution is -2.20. The van der Waals surface area contributed by atoms with Crippen molar-refractivity contribution in [3.63, 3.8) is 0 Å². The summed E-state index contributed by atoms with van der Waals surface area (Å²) >= 11 is 0. The molecule has 2 aromatic carbocycles. The summed E-state index contributed by atoms with van der Waals surface area (Å²) in [6.07, 6.45) is 0. The average Bonchev–Trinajstić information content (AvgIpc) is 2.63. The molecule has 2 rings (SSSR count). The molecule has 5 nitrogen and oxygen atoms in total. The van der Waals surface area contributed by atoms with Gasteiger partial charge in [-0.2, -0.15) is 0 Å². The molecule has 5 heteroatoms. The topological polar surface area (TPSA) is 69.7 Å². The zero-order valence-corrected chi connectivity index (χ0v) is 11.0. The van der Waals surface area contributed by atoms with Crippen molar-refractivity contribution in [3.8, 4) is 0 Å². The molecule has 0 aliphatic carbocycles. The van der Waals surface area contributed by atoms with E-state index in [2.05, 4.69) is 9.47 Å². The summed E-state index contributed by atoms with van der Waals surface area (Å²) in [5, 5.41) is 0.959. The molecule has 0 aliphatic rings. The second kappa shape index (κ2) is 5.52. The highest BCUT2D eigenvalue weighted by Gasteiger charge is 2.22. The highest BCUT2D eigenvalue weighted by Crippen LogP contribution is 2.14. The first-order chi connectivity index (χ1) is 9.60. The lowest BCUT2D eigenvalue weighted by atomic mass is 10.1. The van der Waals surface area contributed by atoms with Crippen molar-refractivity contribution in [2.75, 3.05) is 14.2 Å². The normalized spacial score (nSPS) is 10.1. The molecule has 0 amide bonds. The van der Waals surface area contributed by atoms with E-state index >= 15 is 0 Å². The Morgan fingerprint density at radius 2 is 1.55 bits per heavy atom. The summed E-state index contributed by atoms with van der Waals surface area (Å²) in [7, 11) is 2.33. The standard InChI is InChI=1S/C15H12O5/c1-19-14(17)11-8-7-9-5-3-4-6-10(9)13(16)12(11)15(18)20-2/h3-8H,1-2H3. The number of hydrogen-bond acceptors (Lipinski definition) is 5. The largest absolute Gasteiger partial charge is 0.465 e. The van der Waals surface area contributed by atoms with Crippen LogP contribution >= 0.6 is 0 Å². The molecule has 0 heterocycles. The van der Waals surface area contributed by atoms with Gasteiger partial charge in [0, 0.05) is 5.39 Å². The molecule has 0 atom stereocenters. The van der Waals surface area contributed by atoms with Crippen molar-refractivity contribution in [1.29, 1.82) is 0 Å². The van der Waals surface area contributed by atoms with E-state index in [4.69, 9.17) is 0 Å². The molecule has 0 fully saturated rings. The molecular weight excluding hydrogens is 260 g/mol. The molecule has 2 aromatic rings. The molecular formula is C15H12O5. The molecule has 0 spiro atoms. The Labute approximate surface area is 114 Å². The van der Waals surface area contributed by atoms with Crippen LogP contribution in [0.4, 0.5) is 0 Å². The van der Waals surface area contributed by atoms with E-state index in [9.17, 15) is 14.4 Å². The van der Waals surface area contributed by atoms with E-state index in [1.165, 1.54) is 13.2 Å². The zero-order valence-electron chi connectivity index (χ0n) is 11.0. The Hall–Kier alpha value is -2.69. The van der Waals surface area contributed by atoms with Gasteiger partial charge in [-0.05, 0) is 11.5 Å². The van der Waals surface area contributed by atoms with Crippen molar-refractivity contribution >= 4 is 22.7 Å². The predicted octanol–water partition coefficient (Wildman–Crippen LogP) is 1.77. The Bertz CT molecular complexity index is 749. The summed E-state index contributed by atoms with van der Waals surface area (Å²) in [5.74, 6) is -1.63. The minimum absolute atomic E-state index is 0.111. The van der Waals surface area contributed by atoms with Crippen LogP contribution in [0.3, 0.4) is 0 Å². The first-order valence-corrected chi connectivity index (χ1v) is 5.83. The molecule has 0 saturated heterocycles. The summed E-state index contributed by atoms with van der Waals surface area (Å²) in [6, 6.07) is 9.74. The number of carbonyl (C=O) groups excluding carboxylic acids is 2. The van der Waals surface area contributed by atoms with Crippen molar-refractivity contribution in [1.82, 2.24) is 0 Å². The number of carbonyl (C=O) groups is 2. The molecule has 0 bridgehead atoms. The van der Waals surface area contributed by atoms with Crippen LogP contribution in [-0.2, 0) is 9.47 Å². The van der Waals surface area contributed by atoms with Gasteiger partial charge < -0.3 is 9.47 Å². The van der Waals surface area contributed by atoms with Gasteiger partial charge in [-0.1, -0.05) is 30.3 Å². The lowest BCUT2D eigenvalue weighted by molar-refractivity contribution is 0.0554. The Balaban J connectivity index is 2.96. The van der Waals surface area contributed by atoms with Crippen molar-refractivity contribution < 1.29 is 19.1 Å². The van der Waals surface area contributed by atoms with Gasteiger partial charge in [0.1, 0.15) is 5.56 Å². The molecule has 0 unspecified atom stereocenters. The van der Waals surface area contributed by atoms with Crippen LogP contribution in [0.15, 0.2) is 41.2 Å². The maximum atomic E-state index is 12.5. The minimum atomic E-state index is -0.864. The Kier molecular flexibility index (Phi) is 3.79.